The predicted octanol–water partition coefficient (Wildman–Crippen LogP) is 3.76. The average molecular weight is 400 g/mol. The predicted molar refractivity (Wildman–Crippen MR) is 113 cm³/mol. The van der Waals surface area contributed by atoms with Crippen LogP contribution in [0, 0.1) is 0 Å². The Labute approximate surface area is 165 Å². The molecule has 1 N–H and O–H groups in total. The lowest BCUT2D eigenvalue weighted by Crippen LogP contribution is -2.26. The first kappa shape index (κ1) is 18.3. The average Bonchev–Trinajstić information content (AvgIpc) is 3.26. The van der Waals surface area contributed by atoms with Crippen LogP contribution in [0.1, 0.15) is 29.1 Å². The minimum absolute atomic E-state index is 0.0186. The van der Waals surface area contributed by atoms with Crippen LogP contribution < -0.4 is 10.5 Å². The number of fused-ring (bicyclic) bond motifs is 3. The molecular weight excluding hydrogens is 378 g/mol. The minimum Gasteiger partial charge on any atom is -0.315 e. The van der Waals surface area contributed by atoms with E-state index in [-0.39, 0.29) is 11.5 Å². The maximum absolute atomic E-state index is 12.4. The van der Waals surface area contributed by atoms with E-state index in [0.29, 0.717) is 23.8 Å². The monoisotopic (exact) mass is 399 g/mol. The Morgan fingerprint density at radius 2 is 2.11 bits per heavy atom. The Balaban J connectivity index is 1.34. The molecule has 3 aromatic rings. The molecule has 5 nitrogen and oxygen atoms in total. The van der Waals surface area contributed by atoms with E-state index in [9.17, 15) is 9.59 Å². The number of anilines is 1. The highest BCUT2D eigenvalue weighted by Crippen LogP contribution is 2.34. The molecule has 1 amide bonds. The van der Waals surface area contributed by atoms with Crippen molar-refractivity contribution < 1.29 is 4.79 Å². The number of aromatic amines is 1. The lowest BCUT2D eigenvalue weighted by Gasteiger charge is -2.16. The number of aromatic nitrogens is 2. The number of hydrogen-bond acceptors (Lipinski definition) is 5. The Bertz CT molecular complexity index is 1030. The van der Waals surface area contributed by atoms with Crippen molar-refractivity contribution in [2.45, 2.75) is 31.4 Å². The summed E-state index contributed by atoms with van der Waals surface area (Å²) in [7, 11) is 1.80. The van der Waals surface area contributed by atoms with Gasteiger partial charge in [0.25, 0.3) is 5.56 Å². The van der Waals surface area contributed by atoms with Crippen molar-refractivity contribution in [2.75, 3.05) is 17.7 Å². The Hall–Kier alpha value is -2.12. The highest BCUT2D eigenvalue weighted by Gasteiger charge is 2.21. The molecule has 2 heterocycles. The van der Waals surface area contributed by atoms with Crippen LogP contribution >= 0.6 is 23.1 Å². The topological polar surface area (TPSA) is 66.1 Å². The molecule has 140 valence electrons. The van der Waals surface area contributed by atoms with Gasteiger partial charge in [-0.25, -0.2) is 4.98 Å². The smallest absolute Gasteiger partial charge is 0.259 e. The van der Waals surface area contributed by atoms with Gasteiger partial charge in [-0.2, -0.15) is 11.8 Å². The van der Waals surface area contributed by atoms with E-state index in [1.54, 1.807) is 35.0 Å². The molecule has 7 heteroatoms. The quantitative estimate of drug-likeness (QED) is 0.641. The SMILES string of the molecule is CN(C(=O)CCSCc1nc2sc3c(c2c(=O)[nH]1)CCC3)c1ccccc1. The summed E-state index contributed by atoms with van der Waals surface area (Å²) in [6.07, 6.45) is 3.65. The fraction of sp³-hybridized carbons (Fsp3) is 0.350. The van der Waals surface area contributed by atoms with Crippen LogP contribution in [-0.4, -0.2) is 28.7 Å². The van der Waals surface area contributed by atoms with Gasteiger partial charge in [-0.15, -0.1) is 11.3 Å². The van der Waals surface area contributed by atoms with Crippen LogP contribution in [0.5, 0.6) is 0 Å². The number of rotatable bonds is 6. The van der Waals surface area contributed by atoms with E-state index >= 15 is 0 Å². The van der Waals surface area contributed by atoms with Gasteiger partial charge < -0.3 is 9.88 Å². The Morgan fingerprint density at radius 3 is 2.93 bits per heavy atom. The zero-order valence-corrected chi connectivity index (χ0v) is 16.8. The molecule has 0 bridgehead atoms. The zero-order valence-electron chi connectivity index (χ0n) is 15.2. The summed E-state index contributed by atoms with van der Waals surface area (Å²) >= 11 is 3.28. The number of carbonyl (C=O) groups excluding carboxylic acids is 1. The summed E-state index contributed by atoms with van der Waals surface area (Å²) in [5, 5.41) is 0.793. The highest BCUT2D eigenvalue weighted by atomic mass is 32.2. The number of amides is 1. The van der Waals surface area contributed by atoms with Crippen molar-refractivity contribution in [3.8, 4) is 0 Å². The number of benzene rings is 1. The molecule has 0 aliphatic heterocycles. The molecule has 4 rings (SSSR count). The first-order valence-corrected chi connectivity index (χ1v) is 11.0. The lowest BCUT2D eigenvalue weighted by molar-refractivity contribution is -0.117. The number of nitrogens with one attached hydrogen (secondary N) is 1. The maximum atomic E-state index is 12.4. The van der Waals surface area contributed by atoms with E-state index < -0.39 is 0 Å². The van der Waals surface area contributed by atoms with Gasteiger partial charge in [-0.05, 0) is 37.0 Å². The van der Waals surface area contributed by atoms with Crippen molar-refractivity contribution in [1.82, 2.24) is 9.97 Å². The zero-order chi connectivity index (χ0) is 18.8. The summed E-state index contributed by atoms with van der Waals surface area (Å²) < 4.78 is 0. The molecule has 27 heavy (non-hydrogen) atoms. The summed E-state index contributed by atoms with van der Waals surface area (Å²) in [6.45, 7) is 0. The van der Waals surface area contributed by atoms with Crippen molar-refractivity contribution in [2.24, 2.45) is 0 Å². The maximum Gasteiger partial charge on any atom is 0.259 e. The number of H-pyrrole nitrogens is 1. The standard InChI is InChI=1S/C20H21N3O2S2/c1-23(13-6-3-2-4-7-13)17(24)10-11-26-12-16-21-19(25)18-14-8-5-9-15(14)27-20(18)22-16/h2-4,6-7H,5,8-12H2,1H3,(H,21,22,25). The molecule has 0 unspecified atom stereocenters. The Morgan fingerprint density at radius 1 is 1.30 bits per heavy atom. The fourth-order valence-electron chi connectivity index (χ4n) is 3.41. The van der Waals surface area contributed by atoms with E-state index in [4.69, 9.17) is 0 Å². The summed E-state index contributed by atoms with van der Waals surface area (Å²) in [6, 6.07) is 9.63. The molecule has 1 aliphatic rings. The largest absolute Gasteiger partial charge is 0.315 e. The van der Waals surface area contributed by atoms with Crippen LogP contribution in [0.4, 0.5) is 5.69 Å². The molecule has 0 saturated carbocycles. The van der Waals surface area contributed by atoms with Gasteiger partial charge >= 0.3 is 0 Å². The van der Waals surface area contributed by atoms with Gasteiger partial charge in [-0.1, -0.05) is 18.2 Å². The molecule has 1 aromatic carbocycles. The number of nitrogens with zero attached hydrogens (tertiary/aromatic N) is 2. The van der Waals surface area contributed by atoms with Crippen LogP contribution in [0.3, 0.4) is 0 Å². The number of carbonyl (C=O) groups is 1. The van der Waals surface area contributed by atoms with Crippen molar-refractivity contribution in [3.63, 3.8) is 0 Å². The molecule has 2 aromatic heterocycles. The second-order valence-electron chi connectivity index (χ2n) is 6.64. The summed E-state index contributed by atoms with van der Waals surface area (Å²) in [5.74, 6) is 2.08. The molecule has 1 aliphatic carbocycles. The third kappa shape index (κ3) is 3.80. The van der Waals surface area contributed by atoms with Crippen molar-refractivity contribution in [3.05, 3.63) is 57.0 Å². The van der Waals surface area contributed by atoms with Crippen LogP contribution in [0.25, 0.3) is 10.2 Å². The van der Waals surface area contributed by atoms with Crippen LogP contribution in [0.15, 0.2) is 35.1 Å². The lowest BCUT2D eigenvalue weighted by atomic mass is 10.2. The first-order chi connectivity index (χ1) is 13.1. The van der Waals surface area contributed by atoms with E-state index in [1.807, 2.05) is 30.3 Å². The number of thiophene rings is 1. The second-order valence-corrected chi connectivity index (χ2v) is 8.83. The van der Waals surface area contributed by atoms with E-state index in [1.165, 1.54) is 10.4 Å². The summed E-state index contributed by atoms with van der Waals surface area (Å²) in [5.41, 5.74) is 2.09. The fourth-order valence-corrected chi connectivity index (χ4v) is 5.48. The molecule has 0 atom stereocenters. The number of aryl methyl sites for hydroxylation is 2. The molecule has 0 saturated heterocycles. The molecule has 0 spiro atoms. The minimum atomic E-state index is -0.0186. The van der Waals surface area contributed by atoms with Gasteiger partial charge in [-0.3, -0.25) is 9.59 Å². The van der Waals surface area contributed by atoms with Gasteiger partial charge in [0.1, 0.15) is 10.7 Å². The van der Waals surface area contributed by atoms with E-state index in [2.05, 4.69) is 9.97 Å². The Kier molecular flexibility index (Phi) is 5.31. The van der Waals surface area contributed by atoms with Crippen LogP contribution in [0.2, 0.25) is 0 Å². The summed E-state index contributed by atoms with van der Waals surface area (Å²) in [4.78, 5) is 36.2. The van der Waals surface area contributed by atoms with Gasteiger partial charge in [0.05, 0.1) is 11.1 Å². The number of para-hydroxylation sites is 1. The normalized spacial score (nSPS) is 13.1. The van der Waals surface area contributed by atoms with Gasteiger partial charge in [0.15, 0.2) is 0 Å². The van der Waals surface area contributed by atoms with Crippen LogP contribution in [-0.2, 0) is 23.4 Å². The third-order valence-electron chi connectivity index (χ3n) is 4.84. The van der Waals surface area contributed by atoms with Crippen molar-refractivity contribution >= 4 is 44.9 Å². The molecular formula is C20H21N3O2S2. The van der Waals surface area contributed by atoms with E-state index in [0.717, 1.165) is 35.2 Å². The second kappa shape index (κ2) is 7.86. The third-order valence-corrected chi connectivity index (χ3v) is 7.00. The van der Waals surface area contributed by atoms with Crippen molar-refractivity contribution in [1.29, 1.82) is 0 Å². The van der Waals surface area contributed by atoms with Gasteiger partial charge in [0.2, 0.25) is 5.91 Å². The van der Waals surface area contributed by atoms with Gasteiger partial charge in [0, 0.05) is 29.8 Å². The first-order valence-electron chi connectivity index (χ1n) is 9.06. The molecule has 0 radical (unpaired) electrons. The number of thioether (sulfide) groups is 1. The highest BCUT2D eigenvalue weighted by molar-refractivity contribution is 7.98. The number of hydrogen-bond donors (Lipinski definition) is 1. The molecule has 0 fully saturated rings.